The van der Waals surface area contributed by atoms with E-state index in [1.54, 1.807) is 0 Å². The maximum absolute atomic E-state index is 12.9. The Bertz CT molecular complexity index is 549. The Hall–Kier alpha value is -2.09. The minimum absolute atomic E-state index is 0.121. The van der Waals surface area contributed by atoms with Crippen LogP contribution in [0.25, 0.3) is 0 Å². The average Bonchev–Trinajstić information content (AvgIpc) is 2.84. The number of carbonyl (C=O) groups is 2. The average molecular weight is 315 g/mol. The van der Waals surface area contributed by atoms with Gasteiger partial charge in [0, 0.05) is 25.1 Å². The van der Waals surface area contributed by atoms with Gasteiger partial charge in [0.1, 0.15) is 5.82 Å². The monoisotopic (exact) mass is 315 g/mol. The molecule has 2 amide bonds. The summed E-state index contributed by atoms with van der Waals surface area (Å²) >= 11 is 0. The van der Waals surface area contributed by atoms with E-state index in [4.69, 9.17) is 0 Å². The molecule has 1 aromatic carbocycles. The van der Waals surface area contributed by atoms with Crippen LogP contribution in [0.15, 0.2) is 24.3 Å². The highest BCUT2D eigenvalue weighted by Crippen LogP contribution is 2.24. The van der Waals surface area contributed by atoms with Gasteiger partial charge < -0.3 is 10.6 Å². The second-order valence-electron chi connectivity index (χ2n) is 5.05. The summed E-state index contributed by atoms with van der Waals surface area (Å²) in [6.07, 6.45) is -0.527. The van der Waals surface area contributed by atoms with Crippen molar-refractivity contribution in [2.24, 2.45) is 0 Å². The molecule has 0 bridgehead atoms. The molecule has 0 saturated carbocycles. The van der Waals surface area contributed by atoms with E-state index in [0.717, 1.165) is 0 Å². The van der Waals surface area contributed by atoms with Gasteiger partial charge in [0.25, 0.3) is 11.8 Å². The number of halogens is 3. The van der Waals surface area contributed by atoms with Crippen molar-refractivity contribution >= 4 is 11.8 Å². The van der Waals surface area contributed by atoms with E-state index in [1.165, 1.54) is 24.3 Å². The summed E-state index contributed by atoms with van der Waals surface area (Å²) in [5.41, 5.74) is 0.296. The zero-order valence-electron chi connectivity index (χ0n) is 11.7. The lowest BCUT2D eigenvalue weighted by Gasteiger charge is -2.11. The number of benzene rings is 1. The van der Waals surface area contributed by atoms with Crippen molar-refractivity contribution in [3.63, 3.8) is 0 Å². The van der Waals surface area contributed by atoms with Gasteiger partial charge in [-0.3, -0.25) is 14.9 Å². The quantitative estimate of drug-likeness (QED) is 0.700. The molecular weight excluding hydrogens is 299 g/mol. The fourth-order valence-electron chi connectivity index (χ4n) is 2.09. The van der Waals surface area contributed by atoms with Crippen LogP contribution >= 0.6 is 0 Å². The van der Waals surface area contributed by atoms with Gasteiger partial charge in [-0.15, -0.1) is 0 Å². The second-order valence-corrected chi connectivity index (χ2v) is 5.05. The molecule has 0 aliphatic carbocycles. The van der Waals surface area contributed by atoms with Gasteiger partial charge in [-0.25, -0.2) is 13.2 Å². The van der Waals surface area contributed by atoms with Crippen LogP contribution in [-0.2, 0) is 4.79 Å². The molecule has 5 nitrogen and oxygen atoms in total. The smallest absolute Gasteiger partial charge is 0.262 e. The summed E-state index contributed by atoms with van der Waals surface area (Å²) in [6.45, 7) is -0.243. The number of amides is 2. The zero-order chi connectivity index (χ0) is 16.2. The molecule has 3 N–H and O–H groups in total. The summed E-state index contributed by atoms with van der Waals surface area (Å²) in [7, 11) is 0. The normalized spacial score (nSPS) is 19.7. The third-order valence-electron chi connectivity index (χ3n) is 3.24. The van der Waals surface area contributed by atoms with Crippen molar-refractivity contribution in [2.45, 2.75) is 18.4 Å². The summed E-state index contributed by atoms with van der Waals surface area (Å²) < 4.78 is 38.6. The largest absolute Gasteiger partial charge is 0.353 e. The fraction of sp³-hybridized carbons (Fsp3) is 0.429. The molecule has 0 radical (unpaired) electrons. The molecule has 1 aliphatic heterocycles. The number of rotatable bonds is 5. The summed E-state index contributed by atoms with van der Waals surface area (Å²) in [4.78, 5) is 23.3. The van der Waals surface area contributed by atoms with E-state index in [1.807, 2.05) is 0 Å². The van der Waals surface area contributed by atoms with E-state index >= 15 is 0 Å². The molecule has 1 fully saturated rings. The molecule has 0 aromatic heterocycles. The maximum Gasteiger partial charge on any atom is 0.262 e. The van der Waals surface area contributed by atoms with E-state index in [0.29, 0.717) is 5.56 Å². The molecule has 1 unspecified atom stereocenters. The van der Waals surface area contributed by atoms with Gasteiger partial charge in [0.15, 0.2) is 0 Å². The molecule has 2 rings (SSSR count). The van der Waals surface area contributed by atoms with Crippen LogP contribution in [0.2, 0.25) is 0 Å². The lowest BCUT2D eigenvalue weighted by Crippen LogP contribution is -2.43. The minimum Gasteiger partial charge on any atom is -0.353 e. The van der Waals surface area contributed by atoms with Crippen molar-refractivity contribution in [3.05, 3.63) is 35.6 Å². The number of hydrogen-bond acceptors (Lipinski definition) is 3. The van der Waals surface area contributed by atoms with E-state index in [-0.39, 0.29) is 13.1 Å². The van der Waals surface area contributed by atoms with E-state index in [2.05, 4.69) is 16.0 Å². The third kappa shape index (κ3) is 4.45. The lowest BCUT2D eigenvalue weighted by atomic mass is 10.2. The first-order valence-corrected chi connectivity index (χ1v) is 6.80. The molecule has 8 heteroatoms. The van der Waals surface area contributed by atoms with Crippen LogP contribution < -0.4 is 16.0 Å². The van der Waals surface area contributed by atoms with E-state index in [9.17, 15) is 22.8 Å². The molecule has 1 saturated heterocycles. The highest BCUT2D eigenvalue weighted by atomic mass is 19.3. The van der Waals surface area contributed by atoms with Crippen LogP contribution in [0, 0.1) is 5.82 Å². The SMILES string of the molecule is O=C(NCCNC(=O)C1CC(F)(F)CN1)c1ccc(F)cc1. The Balaban J connectivity index is 1.68. The Morgan fingerprint density at radius 2 is 1.82 bits per heavy atom. The van der Waals surface area contributed by atoms with E-state index < -0.39 is 42.6 Å². The molecule has 22 heavy (non-hydrogen) atoms. The predicted octanol–water partition coefficient (Wildman–Crippen LogP) is 0.669. The van der Waals surface area contributed by atoms with Gasteiger partial charge >= 0.3 is 0 Å². The van der Waals surface area contributed by atoms with Crippen molar-refractivity contribution in [2.75, 3.05) is 19.6 Å². The third-order valence-corrected chi connectivity index (χ3v) is 3.24. The number of nitrogens with one attached hydrogen (secondary N) is 3. The zero-order valence-corrected chi connectivity index (χ0v) is 11.7. The standard InChI is InChI=1S/C14H16F3N3O2/c15-10-3-1-9(2-4-10)12(21)18-5-6-19-13(22)11-7-14(16,17)8-20-11/h1-4,11,20H,5-8H2,(H,18,21)(H,19,22). The van der Waals surface area contributed by atoms with Crippen molar-refractivity contribution in [1.82, 2.24) is 16.0 Å². The minimum atomic E-state index is -2.86. The van der Waals surface area contributed by atoms with Gasteiger partial charge in [-0.1, -0.05) is 0 Å². The van der Waals surface area contributed by atoms with Crippen LogP contribution in [0.4, 0.5) is 13.2 Å². The first-order valence-electron chi connectivity index (χ1n) is 6.80. The first kappa shape index (κ1) is 16.3. The van der Waals surface area contributed by atoms with Gasteiger partial charge in [0.05, 0.1) is 12.6 Å². The highest BCUT2D eigenvalue weighted by molar-refractivity contribution is 5.94. The Morgan fingerprint density at radius 3 is 2.41 bits per heavy atom. The second kappa shape index (κ2) is 6.78. The highest BCUT2D eigenvalue weighted by Gasteiger charge is 2.42. The lowest BCUT2D eigenvalue weighted by molar-refractivity contribution is -0.123. The molecule has 0 spiro atoms. The number of hydrogen-bond donors (Lipinski definition) is 3. The van der Waals surface area contributed by atoms with Crippen LogP contribution in [0.3, 0.4) is 0 Å². The topological polar surface area (TPSA) is 70.2 Å². The van der Waals surface area contributed by atoms with Crippen molar-refractivity contribution in [1.29, 1.82) is 0 Å². The van der Waals surface area contributed by atoms with Crippen LogP contribution in [0.5, 0.6) is 0 Å². The summed E-state index contributed by atoms with van der Waals surface area (Å²) in [6, 6.07) is 4.11. The molecule has 120 valence electrons. The Morgan fingerprint density at radius 1 is 1.18 bits per heavy atom. The van der Waals surface area contributed by atoms with Gasteiger partial charge in [-0.2, -0.15) is 0 Å². The Labute approximate surface area is 125 Å². The predicted molar refractivity (Wildman–Crippen MR) is 73.1 cm³/mol. The van der Waals surface area contributed by atoms with Gasteiger partial charge in [-0.05, 0) is 24.3 Å². The van der Waals surface area contributed by atoms with Crippen molar-refractivity contribution in [3.8, 4) is 0 Å². The van der Waals surface area contributed by atoms with Crippen LogP contribution in [0.1, 0.15) is 16.8 Å². The fourth-order valence-corrected chi connectivity index (χ4v) is 2.09. The summed E-state index contributed by atoms with van der Waals surface area (Å²) in [5, 5.41) is 7.45. The number of alkyl halides is 2. The molecule has 1 heterocycles. The van der Waals surface area contributed by atoms with Crippen molar-refractivity contribution < 1.29 is 22.8 Å². The van der Waals surface area contributed by atoms with Gasteiger partial charge in [0.2, 0.25) is 5.91 Å². The Kier molecular flexibility index (Phi) is 5.02. The molecule has 1 aromatic rings. The summed E-state index contributed by atoms with van der Waals surface area (Å²) in [5.74, 6) is -4.23. The molecular formula is C14H16F3N3O2. The number of carbonyl (C=O) groups excluding carboxylic acids is 2. The maximum atomic E-state index is 12.9. The molecule has 1 aliphatic rings. The molecule has 1 atom stereocenters. The first-order chi connectivity index (χ1) is 10.4. The van der Waals surface area contributed by atoms with Crippen LogP contribution in [-0.4, -0.2) is 43.4 Å².